The SMILES string of the molecule is O=S(=O)(F)N1CCC2(CC1)COC2. The molecular formula is C7H12FNO3S. The lowest BCUT2D eigenvalue weighted by molar-refractivity contribution is -0.133. The molecule has 0 radical (unpaired) electrons. The second kappa shape index (κ2) is 2.90. The van der Waals surface area contributed by atoms with E-state index in [0.717, 1.165) is 17.1 Å². The van der Waals surface area contributed by atoms with Crippen LogP contribution in [0.1, 0.15) is 12.8 Å². The summed E-state index contributed by atoms with van der Waals surface area (Å²) in [4.78, 5) is 0. The van der Waals surface area contributed by atoms with E-state index in [4.69, 9.17) is 4.74 Å². The molecule has 0 aliphatic carbocycles. The highest BCUT2D eigenvalue weighted by atomic mass is 32.3. The second-order valence-corrected chi connectivity index (χ2v) is 5.17. The molecule has 0 aromatic carbocycles. The van der Waals surface area contributed by atoms with Crippen LogP contribution in [0.15, 0.2) is 0 Å². The highest BCUT2D eigenvalue weighted by molar-refractivity contribution is 7.83. The molecule has 0 N–H and O–H groups in total. The van der Waals surface area contributed by atoms with E-state index in [2.05, 4.69) is 0 Å². The summed E-state index contributed by atoms with van der Waals surface area (Å²) in [5.41, 5.74) is 0.154. The lowest BCUT2D eigenvalue weighted by Crippen LogP contribution is -2.51. The van der Waals surface area contributed by atoms with Gasteiger partial charge in [-0.3, -0.25) is 0 Å². The maximum atomic E-state index is 12.5. The van der Waals surface area contributed by atoms with Crippen LogP contribution < -0.4 is 0 Å². The van der Waals surface area contributed by atoms with Crippen LogP contribution in [0, 0.1) is 5.41 Å². The van der Waals surface area contributed by atoms with Crippen molar-refractivity contribution in [1.82, 2.24) is 4.31 Å². The molecule has 2 heterocycles. The molecule has 0 atom stereocenters. The normalized spacial score (nSPS) is 28.7. The summed E-state index contributed by atoms with van der Waals surface area (Å²) in [6.07, 6.45) is 1.44. The average molecular weight is 209 g/mol. The number of hydrogen-bond acceptors (Lipinski definition) is 3. The number of nitrogens with zero attached hydrogens (tertiary/aromatic N) is 1. The van der Waals surface area contributed by atoms with Gasteiger partial charge in [0.1, 0.15) is 0 Å². The quantitative estimate of drug-likeness (QED) is 0.584. The monoisotopic (exact) mass is 209 g/mol. The van der Waals surface area contributed by atoms with Gasteiger partial charge in [0.2, 0.25) is 0 Å². The van der Waals surface area contributed by atoms with E-state index in [0.29, 0.717) is 26.3 Å². The van der Waals surface area contributed by atoms with E-state index in [9.17, 15) is 12.3 Å². The topological polar surface area (TPSA) is 46.6 Å². The molecule has 6 heteroatoms. The molecule has 0 saturated carbocycles. The standard InChI is InChI=1S/C7H12FNO3S/c8-13(10,11)9-3-1-7(2-4-9)5-12-6-7/h1-6H2. The van der Waals surface area contributed by atoms with Gasteiger partial charge in [-0.15, -0.1) is 0 Å². The molecule has 4 nitrogen and oxygen atoms in total. The Morgan fingerprint density at radius 1 is 1.23 bits per heavy atom. The minimum absolute atomic E-state index is 0.154. The minimum atomic E-state index is -4.47. The molecule has 0 aromatic heterocycles. The van der Waals surface area contributed by atoms with Gasteiger partial charge in [0.05, 0.1) is 13.2 Å². The maximum Gasteiger partial charge on any atom is 0.374 e. The smallest absolute Gasteiger partial charge is 0.374 e. The summed E-state index contributed by atoms with van der Waals surface area (Å²) >= 11 is 0. The van der Waals surface area contributed by atoms with Crippen LogP contribution in [0.2, 0.25) is 0 Å². The van der Waals surface area contributed by atoms with Crippen molar-refractivity contribution in [1.29, 1.82) is 0 Å². The molecule has 2 rings (SSSR count). The zero-order valence-electron chi connectivity index (χ0n) is 7.20. The molecule has 1 spiro atoms. The first-order valence-electron chi connectivity index (χ1n) is 4.29. The Morgan fingerprint density at radius 2 is 1.77 bits per heavy atom. The fourth-order valence-electron chi connectivity index (χ4n) is 1.86. The van der Waals surface area contributed by atoms with Gasteiger partial charge in [-0.25, -0.2) is 0 Å². The Kier molecular flexibility index (Phi) is 2.08. The number of halogens is 1. The van der Waals surface area contributed by atoms with Crippen LogP contribution in [-0.2, 0) is 15.1 Å². The first-order valence-corrected chi connectivity index (χ1v) is 5.63. The van der Waals surface area contributed by atoms with E-state index in [1.807, 2.05) is 0 Å². The number of hydrogen-bond donors (Lipinski definition) is 0. The average Bonchev–Trinajstić information content (AvgIpc) is 2.00. The predicted octanol–water partition coefficient (Wildman–Crippen LogP) is 0.313. The Hall–Kier alpha value is -0.200. The third-order valence-corrected chi connectivity index (χ3v) is 3.89. The summed E-state index contributed by atoms with van der Waals surface area (Å²) in [7, 11) is -4.47. The van der Waals surface area contributed by atoms with Crippen LogP contribution in [0.3, 0.4) is 0 Å². The lowest BCUT2D eigenvalue weighted by Gasteiger charge is -2.46. The van der Waals surface area contributed by atoms with Gasteiger partial charge in [-0.1, -0.05) is 3.89 Å². The van der Waals surface area contributed by atoms with Gasteiger partial charge in [-0.2, -0.15) is 12.7 Å². The second-order valence-electron chi connectivity index (χ2n) is 3.83. The van der Waals surface area contributed by atoms with Crippen LogP contribution in [0.25, 0.3) is 0 Å². The Labute approximate surface area is 77.0 Å². The third-order valence-electron chi connectivity index (χ3n) is 2.91. The van der Waals surface area contributed by atoms with E-state index >= 15 is 0 Å². The minimum Gasteiger partial charge on any atom is -0.380 e. The highest BCUT2D eigenvalue weighted by Gasteiger charge is 2.43. The van der Waals surface area contributed by atoms with Crippen LogP contribution in [0.4, 0.5) is 3.89 Å². The lowest BCUT2D eigenvalue weighted by atomic mass is 9.77. The molecule has 2 saturated heterocycles. The van der Waals surface area contributed by atoms with Crippen molar-refractivity contribution in [3.8, 4) is 0 Å². The summed E-state index contributed by atoms with van der Waals surface area (Å²) in [5, 5.41) is 0. The zero-order chi connectivity index (χ0) is 9.53. The largest absolute Gasteiger partial charge is 0.380 e. The molecule has 2 aliphatic rings. The molecule has 0 bridgehead atoms. The van der Waals surface area contributed by atoms with Crippen molar-refractivity contribution in [2.45, 2.75) is 12.8 Å². The summed E-state index contributed by atoms with van der Waals surface area (Å²) in [6, 6.07) is 0. The van der Waals surface area contributed by atoms with Crippen molar-refractivity contribution in [3.63, 3.8) is 0 Å². The third kappa shape index (κ3) is 1.70. The van der Waals surface area contributed by atoms with E-state index < -0.39 is 10.4 Å². The van der Waals surface area contributed by atoms with Crippen molar-refractivity contribution in [2.24, 2.45) is 5.41 Å². The summed E-state index contributed by atoms with van der Waals surface area (Å²) in [6.45, 7) is 1.99. The first-order chi connectivity index (χ1) is 6.02. The fourth-order valence-corrected chi connectivity index (χ4v) is 2.48. The number of rotatable bonds is 1. The molecule has 0 unspecified atom stereocenters. The van der Waals surface area contributed by atoms with Crippen molar-refractivity contribution < 1.29 is 17.0 Å². The Morgan fingerprint density at radius 3 is 2.08 bits per heavy atom. The van der Waals surface area contributed by atoms with Gasteiger partial charge in [0.15, 0.2) is 0 Å². The Balaban J connectivity index is 1.96. The van der Waals surface area contributed by atoms with E-state index in [1.165, 1.54) is 0 Å². The number of piperidine rings is 1. The van der Waals surface area contributed by atoms with Crippen LogP contribution >= 0.6 is 0 Å². The van der Waals surface area contributed by atoms with Gasteiger partial charge < -0.3 is 4.74 Å². The molecule has 0 amide bonds. The summed E-state index contributed by atoms with van der Waals surface area (Å²) < 4.78 is 39.6. The zero-order valence-corrected chi connectivity index (χ0v) is 8.02. The summed E-state index contributed by atoms with van der Waals surface area (Å²) in [5.74, 6) is 0. The van der Waals surface area contributed by atoms with Gasteiger partial charge >= 0.3 is 10.4 Å². The number of ether oxygens (including phenoxy) is 1. The molecule has 2 fully saturated rings. The first kappa shape index (κ1) is 9.36. The van der Waals surface area contributed by atoms with Crippen LogP contribution in [0.5, 0.6) is 0 Å². The van der Waals surface area contributed by atoms with Crippen molar-refractivity contribution in [3.05, 3.63) is 0 Å². The molecule has 76 valence electrons. The van der Waals surface area contributed by atoms with Gasteiger partial charge in [-0.05, 0) is 12.8 Å². The molecule has 13 heavy (non-hydrogen) atoms. The fraction of sp³-hybridized carbons (Fsp3) is 1.00. The van der Waals surface area contributed by atoms with E-state index in [-0.39, 0.29) is 5.41 Å². The maximum absolute atomic E-state index is 12.5. The molecule has 0 aromatic rings. The van der Waals surface area contributed by atoms with Crippen molar-refractivity contribution >= 4 is 10.4 Å². The molecular weight excluding hydrogens is 197 g/mol. The molecule has 2 aliphatic heterocycles. The van der Waals surface area contributed by atoms with E-state index in [1.54, 1.807) is 0 Å². The van der Waals surface area contributed by atoms with Crippen molar-refractivity contribution in [2.75, 3.05) is 26.3 Å². The van der Waals surface area contributed by atoms with Crippen LogP contribution in [-0.4, -0.2) is 39.0 Å². The highest BCUT2D eigenvalue weighted by Crippen LogP contribution is 2.38. The Bertz CT molecular complexity index is 289. The predicted molar refractivity (Wildman–Crippen MR) is 44.1 cm³/mol. The van der Waals surface area contributed by atoms with Gasteiger partial charge in [0, 0.05) is 18.5 Å². The van der Waals surface area contributed by atoms with Gasteiger partial charge in [0.25, 0.3) is 0 Å².